The first-order chi connectivity index (χ1) is 11.2. The van der Waals surface area contributed by atoms with Gasteiger partial charge in [-0.15, -0.1) is 16.4 Å². The number of thiazole rings is 1. The summed E-state index contributed by atoms with van der Waals surface area (Å²) in [6, 6.07) is 8.97. The lowest BCUT2D eigenvalue weighted by atomic mass is 10.3. The predicted octanol–water partition coefficient (Wildman–Crippen LogP) is 2.51. The van der Waals surface area contributed by atoms with Gasteiger partial charge < -0.3 is 10.1 Å². The first-order valence-corrected chi connectivity index (χ1v) is 7.89. The van der Waals surface area contributed by atoms with Gasteiger partial charge in [-0.25, -0.2) is 9.67 Å². The highest BCUT2D eigenvalue weighted by atomic mass is 32.1. The predicted molar refractivity (Wildman–Crippen MR) is 86.3 cm³/mol. The molecule has 0 spiro atoms. The van der Waals surface area contributed by atoms with E-state index in [0.717, 1.165) is 5.75 Å². The number of amides is 1. The van der Waals surface area contributed by atoms with E-state index in [1.165, 1.54) is 16.0 Å². The highest BCUT2D eigenvalue weighted by molar-refractivity contribution is 7.13. The van der Waals surface area contributed by atoms with Crippen molar-refractivity contribution >= 4 is 22.4 Å². The first-order valence-electron chi connectivity index (χ1n) is 7.01. The summed E-state index contributed by atoms with van der Waals surface area (Å²) in [5.41, 5.74) is 0.655. The lowest BCUT2D eigenvalue weighted by Gasteiger charge is -2.09. The molecule has 1 atom stereocenters. The van der Waals surface area contributed by atoms with Crippen LogP contribution in [-0.2, 0) is 11.4 Å². The number of ether oxygens (including phenoxy) is 1. The third-order valence-electron chi connectivity index (χ3n) is 3.13. The van der Waals surface area contributed by atoms with Gasteiger partial charge in [0, 0.05) is 11.6 Å². The Hall–Kier alpha value is -2.74. The van der Waals surface area contributed by atoms with Gasteiger partial charge in [0.2, 0.25) is 0 Å². The zero-order valence-electron chi connectivity index (χ0n) is 12.4. The Morgan fingerprint density at radius 2 is 2.22 bits per heavy atom. The number of hydrogen-bond acceptors (Lipinski definition) is 6. The minimum atomic E-state index is -0.489. The second kappa shape index (κ2) is 7.01. The van der Waals surface area contributed by atoms with Crippen molar-refractivity contribution < 1.29 is 9.53 Å². The third kappa shape index (κ3) is 3.92. The molecule has 0 unspecified atom stereocenters. The molecule has 0 aliphatic heterocycles. The Balaban J connectivity index is 1.58. The molecule has 2 aromatic heterocycles. The Labute approximate surface area is 136 Å². The first kappa shape index (κ1) is 15.2. The summed E-state index contributed by atoms with van der Waals surface area (Å²) in [7, 11) is 0. The zero-order valence-corrected chi connectivity index (χ0v) is 13.2. The molecule has 1 amide bonds. The summed E-state index contributed by atoms with van der Waals surface area (Å²) >= 11 is 1.37. The van der Waals surface area contributed by atoms with Crippen molar-refractivity contribution in [3.8, 4) is 5.75 Å². The van der Waals surface area contributed by atoms with E-state index in [1.807, 2.05) is 30.3 Å². The maximum atomic E-state index is 12.1. The van der Waals surface area contributed by atoms with Crippen LogP contribution in [0, 0.1) is 0 Å². The van der Waals surface area contributed by atoms with Gasteiger partial charge in [0.25, 0.3) is 5.91 Å². The second-order valence-electron chi connectivity index (χ2n) is 4.79. The van der Waals surface area contributed by atoms with Crippen LogP contribution >= 0.6 is 11.3 Å². The molecule has 8 heteroatoms. The molecule has 0 aliphatic carbocycles. The number of para-hydroxylation sites is 1. The fraction of sp³-hybridized carbons (Fsp3) is 0.200. The van der Waals surface area contributed by atoms with E-state index < -0.39 is 6.04 Å². The maximum Gasteiger partial charge on any atom is 0.250 e. The van der Waals surface area contributed by atoms with Gasteiger partial charge in [0.15, 0.2) is 5.13 Å². The van der Waals surface area contributed by atoms with Crippen LogP contribution in [0.2, 0.25) is 0 Å². The van der Waals surface area contributed by atoms with E-state index in [4.69, 9.17) is 4.74 Å². The number of nitrogens with zero attached hydrogens (tertiary/aromatic N) is 4. The van der Waals surface area contributed by atoms with Crippen molar-refractivity contribution in [3.05, 3.63) is 53.8 Å². The largest absolute Gasteiger partial charge is 0.487 e. The summed E-state index contributed by atoms with van der Waals surface area (Å²) in [6.07, 6.45) is 3.34. The van der Waals surface area contributed by atoms with Gasteiger partial charge in [-0.1, -0.05) is 23.4 Å². The maximum absolute atomic E-state index is 12.1. The highest BCUT2D eigenvalue weighted by Crippen LogP contribution is 2.15. The molecule has 0 bridgehead atoms. The Morgan fingerprint density at radius 1 is 1.39 bits per heavy atom. The Morgan fingerprint density at radius 3 is 2.96 bits per heavy atom. The molecular formula is C15H15N5O2S. The number of rotatable bonds is 6. The van der Waals surface area contributed by atoms with Crippen molar-refractivity contribution in [2.24, 2.45) is 0 Å². The van der Waals surface area contributed by atoms with Gasteiger partial charge in [-0.05, 0) is 19.1 Å². The molecule has 118 valence electrons. The summed E-state index contributed by atoms with van der Waals surface area (Å²) in [4.78, 5) is 16.2. The average molecular weight is 329 g/mol. The number of carbonyl (C=O) groups is 1. The fourth-order valence-corrected chi connectivity index (χ4v) is 2.39. The van der Waals surface area contributed by atoms with Crippen LogP contribution in [0.4, 0.5) is 5.13 Å². The molecule has 0 saturated heterocycles. The molecule has 0 saturated carbocycles. The van der Waals surface area contributed by atoms with Crippen molar-refractivity contribution in [1.82, 2.24) is 20.0 Å². The van der Waals surface area contributed by atoms with Crippen LogP contribution < -0.4 is 10.1 Å². The molecule has 23 heavy (non-hydrogen) atoms. The van der Waals surface area contributed by atoms with Crippen molar-refractivity contribution in [2.45, 2.75) is 19.6 Å². The highest BCUT2D eigenvalue weighted by Gasteiger charge is 2.17. The normalized spacial score (nSPS) is 11.9. The lowest BCUT2D eigenvalue weighted by molar-refractivity contribution is -0.119. The van der Waals surface area contributed by atoms with Crippen LogP contribution in [0.15, 0.2) is 48.1 Å². The van der Waals surface area contributed by atoms with Gasteiger partial charge in [-0.3, -0.25) is 4.79 Å². The number of nitrogens with one attached hydrogen (secondary N) is 1. The van der Waals surface area contributed by atoms with Crippen LogP contribution in [0.1, 0.15) is 18.7 Å². The van der Waals surface area contributed by atoms with E-state index in [9.17, 15) is 4.79 Å². The fourth-order valence-electron chi connectivity index (χ4n) is 1.86. The number of hydrogen-bond donors (Lipinski definition) is 1. The average Bonchev–Trinajstić information content (AvgIpc) is 3.25. The van der Waals surface area contributed by atoms with Gasteiger partial charge >= 0.3 is 0 Å². The van der Waals surface area contributed by atoms with E-state index in [1.54, 1.807) is 24.7 Å². The molecule has 0 fully saturated rings. The zero-order chi connectivity index (χ0) is 16.1. The summed E-state index contributed by atoms with van der Waals surface area (Å²) in [6.45, 7) is 2.05. The van der Waals surface area contributed by atoms with E-state index in [0.29, 0.717) is 17.4 Å². The lowest BCUT2D eigenvalue weighted by Crippen LogP contribution is -2.24. The van der Waals surface area contributed by atoms with Crippen molar-refractivity contribution in [1.29, 1.82) is 0 Å². The van der Waals surface area contributed by atoms with Crippen LogP contribution in [0.5, 0.6) is 5.75 Å². The third-order valence-corrected chi connectivity index (χ3v) is 3.81. The summed E-state index contributed by atoms with van der Waals surface area (Å²) in [5.74, 6) is 0.567. The standard InChI is InChI=1S/C15H15N5O2S/c1-11(14(21)17-15-16-7-8-23-15)20-9-12(18-19-20)10-22-13-5-3-2-4-6-13/h2-9,11H,10H2,1H3,(H,16,17,21)/t11-/m0/s1. The molecular weight excluding hydrogens is 314 g/mol. The van der Waals surface area contributed by atoms with E-state index in [2.05, 4.69) is 20.6 Å². The molecule has 1 aromatic carbocycles. The SMILES string of the molecule is C[C@@H](C(=O)Nc1nccs1)n1cc(COc2ccccc2)nn1. The van der Waals surface area contributed by atoms with Crippen LogP contribution in [0.25, 0.3) is 0 Å². The second-order valence-corrected chi connectivity index (χ2v) is 5.69. The van der Waals surface area contributed by atoms with Crippen molar-refractivity contribution in [3.63, 3.8) is 0 Å². The van der Waals surface area contributed by atoms with Crippen molar-refractivity contribution in [2.75, 3.05) is 5.32 Å². The summed E-state index contributed by atoms with van der Waals surface area (Å²) < 4.78 is 7.11. The van der Waals surface area contributed by atoms with Gasteiger partial charge in [0.05, 0.1) is 6.20 Å². The number of carbonyl (C=O) groups excluding carboxylic acids is 1. The minimum Gasteiger partial charge on any atom is -0.487 e. The van der Waals surface area contributed by atoms with E-state index >= 15 is 0 Å². The molecule has 3 aromatic rings. The van der Waals surface area contributed by atoms with Crippen LogP contribution in [0.3, 0.4) is 0 Å². The molecule has 1 N–H and O–H groups in total. The summed E-state index contributed by atoms with van der Waals surface area (Å²) in [5, 5.41) is 13.1. The molecule has 2 heterocycles. The molecule has 0 aliphatic rings. The molecule has 0 radical (unpaired) electrons. The number of anilines is 1. The van der Waals surface area contributed by atoms with Gasteiger partial charge in [-0.2, -0.15) is 0 Å². The smallest absolute Gasteiger partial charge is 0.250 e. The topological polar surface area (TPSA) is 81.9 Å². The minimum absolute atomic E-state index is 0.194. The Bertz CT molecular complexity index is 757. The Kier molecular flexibility index (Phi) is 4.62. The van der Waals surface area contributed by atoms with E-state index in [-0.39, 0.29) is 5.91 Å². The van der Waals surface area contributed by atoms with Gasteiger partial charge in [0.1, 0.15) is 24.1 Å². The van der Waals surface area contributed by atoms with Crippen LogP contribution in [-0.4, -0.2) is 25.9 Å². The number of benzene rings is 1. The molecule has 3 rings (SSSR count). The monoisotopic (exact) mass is 329 g/mol. The number of aromatic nitrogens is 4. The quantitative estimate of drug-likeness (QED) is 0.751. The molecule has 7 nitrogen and oxygen atoms in total.